The second kappa shape index (κ2) is 10.2. The molecule has 1 aliphatic heterocycles. The molecule has 0 bridgehead atoms. The number of thioether (sulfide) groups is 1. The monoisotopic (exact) mass is 444 g/mol. The molecular formula is C21H20N2O5S2. The lowest BCUT2D eigenvalue weighted by molar-refractivity contribution is -0.122. The van der Waals surface area contributed by atoms with Gasteiger partial charge in [0.2, 0.25) is 5.91 Å². The van der Waals surface area contributed by atoms with Gasteiger partial charge in [-0.1, -0.05) is 24.0 Å². The number of carbonyl (C=O) groups is 3. The van der Waals surface area contributed by atoms with Crippen molar-refractivity contribution in [1.29, 1.82) is 0 Å². The van der Waals surface area contributed by atoms with E-state index in [4.69, 9.17) is 21.4 Å². The second-order valence-corrected chi connectivity index (χ2v) is 7.97. The Kier molecular flexibility index (Phi) is 7.42. The van der Waals surface area contributed by atoms with Crippen LogP contribution in [0.25, 0.3) is 6.08 Å². The topological polar surface area (TPSA) is 88.9 Å². The molecule has 3 rings (SSSR count). The Morgan fingerprint density at radius 1 is 1.27 bits per heavy atom. The van der Waals surface area contributed by atoms with Gasteiger partial charge in [0.1, 0.15) is 10.1 Å². The fourth-order valence-electron chi connectivity index (χ4n) is 2.72. The van der Waals surface area contributed by atoms with Crippen LogP contribution in [0.1, 0.15) is 35.9 Å². The predicted molar refractivity (Wildman–Crippen MR) is 119 cm³/mol. The fourth-order valence-corrected chi connectivity index (χ4v) is 4.01. The number of amides is 2. The van der Waals surface area contributed by atoms with Gasteiger partial charge in [0.15, 0.2) is 0 Å². The van der Waals surface area contributed by atoms with Crippen LogP contribution in [-0.2, 0) is 14.3 Å². The van der Waals surface area contributed by atoms with Crippen molar-refractivity contribution in [2.45, 2.75) is 19.8 Å². The molecule has 0 saturated carbocycles. The van der Waals surface area contributed by atoms with Gasteiger partial charge in [0, 0.05) is 24.7 Å². The van der Waals surface area contributed by atoms with Crippen LogP contribution in [0.4, 0.5) is 5.69 Å². The van der Waals surface area contributed by atoms with Crippen molar-refractivity contribution < 1.29 is 23.5 Å². The predicted octanol–water partition coefficient (Wildman–Crippen LogP) is 4.08. The number of nitrogens with one attached hydrogen (secondary N) is 1. The first kappa shape index (κ1) is 21.8. The first-order chi connectivity index (χ1) is 14.5. The second-order valence-electron chi connectivity index (χ2n) is 6.30. The van der Waals surface area contributed by atoms with Gasteiger partial charge in [-0.2, -0.15) is 0 Å². The summed E-state index contributed by atoms with van der Waals surface area (Å²) in [4.78, 5) is 38.3. The molecule has 9 heteroatoms. The van der Waals surface area contributed by atoms with Crippen LogP contribution in [0.5, 0.6) is 0 Å². The summed E-state index contributed by atoms with van der Waals surface area (Å²) in [6.45, 7) is 2.40. The van der Waals surface area contributed by atoms with Gasteiger partial charge < -0.3 is 14.5 Å². The molecule has 30 heavy (non-hydrogen) atoms. The minimum atomic E-state index is -0.403. The summed E-state index contributed by atoms with van der Waals surface area (Å²) in [6.07, 6.45) is 3.89. The Bertz CT molecular complexity index is 968. The molecule has 1 N–H and O–H groups in total. The SMILES string of the molecule is CCOC(=O)c1ccc(NC(=O)CCCN2C(=O)/C(=C/c3ccco3)SC2=S)cc1. The van der Waals surface area contributed by atoms with Crippen molar-refractivity contribution in [2.75, 3.05) is 18.5 Å². The lowest BCUT2D eigenvalue weighted by atomic mass is 10.2. The molecule has 0 atom stereocenters. The molecule has 1 fully saturated rings. The Morgan fingerprint density at radius 3 is 2.70 bits per heavy atom. The zero-order valence-electron chi connectivity index (χ0n) is 16.3. The number of ether oxygens (including phenoxy) is 1. The number of nitrogens with zero attached hydrogens (tertiary/aromatic N) is 1. The lowest BCUT2D eigenvalue weighted by Gasteiger charge is -2.14. The maximum Gasteiger partial charge on any atom is 0.338 e. The van der Waals surface area contributed by atoms with Gasteiger partial charge in [-0.15, -0.1) is 0 Å². The van der Waals surface area contributed by atoms with Crippen molar-refractivity contribution in [3.63, 3.8) is 0 Å². The number of furan rings is 1. The quantitative estimate of drug-likeness (QED) is 0.373. The van der Waals surface area contributed by atoms with Crippen molar-refractivity contribution in [1.82, 2.24) is 4.90 Å². The number of anilines is 1. The lowest BCUT2D eigenvalue weighted by Crippen LogP contribution is -2.29. The summed E-state index contributed by atoms with van der Waals surface area (Å²) in [5, 5.41) is 2.77. The first-order valence-corrected chi connectivity index (χ1v) is 10.6. The minimum Gasteiger partial charge on any atom is -0.465 e. The highest BCUT2D eigenvalue weighted by atomic mass is 32.2. The Balaban J connectivity index is 1.47. The number of esters is 1. The number of carbonyl (C=O) groups excluding carboxylic acids is 3. The van der Waals surface area contributed by atoms with E-state index in [1.54, 1.807) is 49.4 Å². The van der Waals surface area contributed by atoms with E-state index in [0.29, 0.717) is 45.8 Å². The van der Waals surface area contributed by atoms with Gasteiger partial charge in [0.05, 0.1) is 23.3 Å². The van der Waals surface area contributed by atoms with Crippen molar-refractivity contribution in [2.24, 2.45) is 0 Å². The van der Waals surface area contributed by atoms with Crippen LogP contribution in [0, 0.1) is 0 Å². The van der Waals surface area contributed by atoms with Gasteiger partial charge in [-0.25, -0.2) is 4.79 Å². The number of benzene rings is 1. The molecule has 1 saturated heterocycles. The third kappa shape index (κ3) is 5.58. The maximum absolute atomic E-state index is 12.5. The van der Waals surface area contributed by atoms with E-state index in [1.165, 1.54) is 22.9 Å². The summed E-state index contributed by atoms with van der Waals surface area (Å²) in [7, 11) is 0. The molecule has 7 nitrogen and oxygen atoms in total. The van der Waals surface area contributed by atoms with Crippen LogP contribution in [0.15, 0.2) is 52.0 Å². The van der Waals surface area contributed by atoms with Crippen molar-refractivity contribution in [3.8, 4) is 0 Å². The molecule has 156 valence electrons. The summed E-state index contributed by atoms with van der Waals surface area (Å²) in [5.74, 6) is -0.185. The van der Waals surface area contributed by atoms with Crippen LogP contribution in [0.3, 0.4) is 0 Å². The van der Waals surface area contributed by atoms with E-state index in [0.717, 1.165) is 0 Å². The van der Waals surface area contributed by atoms with Gasteiger partial charge in [0.25, 0.3) is 5.91 Å². The largest absolute Gasteiger partial charge is 0.465 e. The minimum absolute atomic E-state index is 0.184. The standard InChI is InChI=1S/C21H20N2O5S2/c1-2-27-20(26)14-7-9-15(10-8-14)22-18(24)6-3-11-23-19(25)17(30-21(23)29)13-16-5-4-12-28-16/h4-5,7-10,12-13H,2-3,6,11H2,1H3,(H,22,24)/b17-13-. The van der Waals surface area contributed by atoms with E-state index in [2.05, 4.69) is 5.32 Å². The molecule has 0 aliphatic carbocycles. The molecule has 0 unspecified atom stereocenters. The van der Waals surface area contributed by atoms with Gasteiger partial charge in [-0.3, -0.25) is 14.5 Å². The smallest absolute Gasteiger partial charge is 0.338 e. The van der Waals surface area contributed by atoms with Crippen LogP contribution in [-0.4, -0.2) is 40.2 Å². The van der Waals surface area contributed by atoms with E-state index < -0.39 is 5.97 Å². The van der Waals surface area contributed by atoms with Crippen LogP contribution < -0.4 is 5.32 Å². The zero-order valence-corrected chi connectivity index (χ0v) is 17.9. The van der Waals surface area contributed by atoms with E-state index in [-0.39, 0.29) is 18.2 Å². The molecule has 0 spiro atoms. The molecule has 2 heterocycles. The highest BCUT2D eigenvalue weighted by Crippen LogP contribution is 2.32. The van der Waals surface area contributed by atoms with E-state index >= 15 is 0 Å². The van der Waals surface area contributed by atoms with Crippen molar-refractivity contribution >= 4 is 57.8 Å². The Hall–Kier alpha value is -2.91. The average Bonchev–Trinajstić information content (AvgIpc) is 3.32. The number of thiocarbonyl (C=S) groups is 1. The summed E-state index contributed by atoms with van der Waals surface area (Å²) >= 11 is 6.50. The molecular weight excluding hydrogens is 424 g/mol. The number of hydrogen-bond donors (Lipinski definition) is 1. The number of hydrogen-bond acceptors (Lipinski definition) is 7. The highest BCUT2D eigenvalue weighted by Gasteiger charge is 2.31. The summed E-state index contributed by atoms with van der Waals surface area (Å²) in [6, 6.07) is 9.99. The summed E-state index contributed by atoms with van der Waals surface area (Å²) < 4.78 is 10.6. The van der Waals surface area contributed by atoms with Crippen LogP contribution >= 0.6 is 24.0 Å². The van der Waals surface area contributed by atoms with Crippen molar-refractivity contribution in [3.05, 3.63) is 58.9 Å². The third-order valence-corrected chi connectivity index (χ3v) is 5.53. The van der Waals surface area contributed by atoms with Gasteiger partial charge >= 0.3 is 5.97 Å². The molecule has 1 aromatic heterocycles. The molecule has 1 aliphatic rings. The van der Waals surface area contributed by atoms with Crippen LogP contribution in [0.2, 0.25) is 0 Å². The molecule has 2 aromatic rings. The summed E-state index contributed by atoms with van der Waals surface area (Å²) in [5.41, 5.74) is 1.01. The highest BCUT2D eigenvalue weighted by molar-refractivity contribution is 8.26. The molecule has 1 aromatic carbocycles. The Labute approximate surface area is 183 Å². The fraction of sp³-hybridized carbons (Fsp3) is 0.238. The number of rotatable bonds is 8. The Morgan fingerprint density at radius 2 is 2.03 bits per heavy atom. The third-order valence-electron chi connectivity index (χ3n) is 4.16. The zero-order chi connectivity index (χ0) is 21.5. The molecule has 2 amide bonds. The maximum atomic E-state index is 12.5. The van der Waals surface area contributed by atoms with E-state index in [9.17, 15) is 14.4 Å². The van der Waals surface area contributed by atoms with Gasteiger partial charge in [-0.05, 0) is 49.7 Å². The first-order valence-electron chi connectivity index (χ1n) is 9.34. The molecule has 0 radical (unpaired) electrons. The average molecular weight is 445 g/mol. The normalized spacial score (nSPS) is 15.0. The van der Waals surface area contributed by atoms with E-state index in [1.807, 2.05) is 0 Å².